The number of carbonyl (C=O) groups excluding carboxylic acids is 1. The number of hydrogen-bond acceptors (Lipinski definition) is 4. The summed E-state index contributed by atoms with van der Waals surface area (Å²) < 4.78 is 13.3. The normalized spacial score (nSPS) is 27.9. The number of fused-ring (bicyclic) bond motifs is 2. The van der Waals surface area contributed by atoms with Crippen LogP contribution in [0.4, 0.5) is 15.8 Å². The van der Waals surface area contributed by atoms with Gasteiger partial charge in [0.15, 0.2) is 0 Å². The lowest BCUT2D eigenvalue weighted by molar-refractivity contribution is -0.387. The molecule has 8 heteroatoms. The van der Waals surface area contributed by atoms with Gasteiger partial charge in [-0.1, -0.05) is 12.2 Å². The third-order valence-electron chi connectivity index (χ3n) is 4.46. The Kier molecular flexibility index (Phi) is 3.59. The SMILES string of the molecule is O=C(O)[C@@H]1[C@@H](C(=O)Nc2ccc(F)c([N+](=O)[O-])c2)[C@H]2C=C[C@H]1C2. The summed E-state index contributed by atoms with van der Waals surface area (Å²) in [5.74, 6) is -4.42. The molecule has 0 spiro atoms. The molecule has 4 atom stereocenters. The van der Waals surface area contributed by atoms with Crippen molar-refractivity contribution in [1.82, 2.24) is 0 Å². The number of rotatable bonds is 4. The Labute approximate surface area is 130 Å². The summed E-state index contributed by atoms with van der Waals surface area (Å²) in [6.45, 7) is 0. The number of allylic oxidation sites excluding steroid dienone is 2. The molecule has 1 saturated carbocycles. The molecule has 7 nitrogen and oxygen atoms in total. The minimum absolute atomic E-state index is 0.0685. The molecule has 1 amide bonds. The number of anilines is 1. The molecule has 2 N–H and O–H groups in total. The Morgan fingerprint density at radius 3 is 2.52 bits per heavy atom. The fraction of sp³-hybridized carbons (Fsp3) is 0.333. The van der Waals surface area contributed by atoms with Crippen molar-refractivity contribution in [2.45, 2.75) is 6.42 Å². The monoisotopic (exact) mass is 320 g/mol. The van der Waals surface area contributed by atoms with Gasteiger partial charge >= 0.3 is 11.7 Å². The molecule has 2 aliphatic carbocycles. The van der Waals surface area contributed by atoms with Crippen molar-refractivity contribution in [3.63, 3.8) is 0 Å². The Bertz CT molecular complexity index is 733. The number of carbonyl (C=O) groups is 2. The van der Waals surface area contributed by atoms with Gasteiger partial charge in [0.2, 0.25) is 11.7 Å². The second-order valence-corrected chi connectivity index (χ2v) is 5.75. The molecule has 3 rings (SSSR count). The predicted octanol–water partition coefficient (Wildman–Crippen LogP) is 2.20. The quantitative estimate of drug-likeness (QED) is 0.502. The molecule has 2 aliphatic rings. The summed E-state index contributed by atoms with van der Waals surface area (Å²) in [5.41, 5.74) is -0.676. The number of nitrogens with one attached hydrogen (secondary N) is 1. The molecule has 0 aromatic heterocycles. The van der Waals surface area contributed by atoms with Crippen LogP contribution in [-0.2, 0) is 9.59 Å². The second kappa shape index (κ2) is 5.45. The summed E-state index contributed by atoms with van der Waals surface area (Å²) in [7, 11) is 0. The first-order chi connectivity index (χ1) is 10.9. The van der Waals surface area contributed by atoms with Crippen molar-refractivity contribution < 1.29 is 24.0 Å². The zero-order valence-corrected chi connectivity index (χ0v) is 11.8. The van der Waals surface area contributed by atoms with Crippen LogP contribution in [0.3, 0.4) is 0 Å². The van der Waals surface area contributed by atoms with Crippen LogP contribution in [-0.4, -0.2) is 21.9 Å². The second-order valence-electron chi connectivity index (χ2n) is 5.75. The van der Waals surface area contributed by atoms with Crippen LogP contribution < -0.4 is 5.32 Å². The number of halogens is 1. The van der Waals surface area contributed by atoms with E-state index in [0.29, 0.717) is 6.42 Å². The summed E-state index contributed by atoms with van der Waals surface area (Å²) >= 11 is 0. The average molecular weight is 320 g/mol. The molecule has 0 heterocycles. The lowest BCUT2D eigenvalue weighted by Crippen LogP contribution is -2.36. The fourth-order valence-electron chi connectivity index (χ4n) is 3.47. The molecule has 1 aromatic rings. The van der Waals surface area contributed by atoms with Crippen molar-refractivity contribution in [2.24, 2.45) is 23.7 Å². The standard InChI is InChI=1S/C15H13FN2O5/c16-10-4-3-9(6-11(10)18(22)23)17-14(19)12-7-1-2-8(5-7)13(12)15(20)21/h1-4,6-8,12-13H,5H2,(H,17,19)(H,20,21)/t7-,8-,12-,13-/m0/s1. The third kappa shape index (κ3) is 2.56. The molecule has 0 unspecified atom stereocenters. The van der Waals surface area contributed by atoms with E-state index >= 15 is 0 Å². The summed E-state index contributed by atoms with van der Waals surface area (Å²) in [6.07, 6.45) is 4.26. The van der Waals surface area contributed by atoms with Crippen molar-refractivity contribution >= 4 is 23.3 Å². The minimum Gasteiger partial charge on any atom is -0.481 e. The molecule has 2 bridgehead atoms. The third-order valence-corrected chi connectivity index (χ3v) is 4.46. The van der Waals surface area contributed by atoms with Gasteiger partial charge < -0.3 is 10.4 Å². The Hall–Kier alpha value is -2.77. The molecular formula is C15H13FN2O5. The maximum atomic E-state index is 13.3. The van der Waals surface area contributed by atoms with E-state index in [-0.39, 0.29) is 17.5 Å². The number of nitro benzene ring substituents is 1. The first-order valence-corrected chi connectivity index (χ1v) is 7.04. The van der Waals surface area contributed by atoms with Crippen LogP contribution in [0.2, 0.25) is 0 Å². The van der Waals surface area contributed by atoms with Gasteiger partial charge in [0.1, 0.15) is 0 Å². The number of carboxylic acids is 1. The Morgan fingerprint density at radius 2 is 1.91 bits per heavy atom. The van der Waals surface area contributed by atoms with Crippen LogP contribution >= 0.6 is 0 Å². The topological polar surface area (TPSA) is 110 Å². The zero-order chi connectivity index (χ0) is 16.7. The Balaban J connectivity index is 1.82. The highest BCUT2D eigenvalue weighted by molar-refractivity contribution is 5.96. The van der Waals surface area contributed by atoms with E-state index in [1.165, 1.54) is 6.07 Å². The van der Waals surface area contributed by atoms with Crippen molar-refractivity contribution in [3.8, 4) is 0 Å². The highest BCUT2D eigenvalue weighted by Crippen LogP contribution is 2.48. The van der Waals surface area contributed by atoms with Gasteiger partial charge in [0.25, 0.3) is 0 Å². The summed E-state index contributed by atoms with van der Waals surface area (Å²) in [5, 5.41) is 22.5. The number of carboxylic acid groups (broad SMARTS) is 1. The molecule has 23 heavy (non-hydrogen) atoms. The van der Waals surface area contributed by atoms with Gasteiger partial charge in [-0.15, -0.1) is 0 Å². The molecule has 120 valence electrons. The molecular weight excluding hydrogens is 307 g/mol. The molecule has 0 saturated heterocycles. The smallest absolute Gasteiger partial charge is 0.307 e. The summed E-state index contributed by atoms with van der Waals surface area (Å²) in [4.78, 5) is 33.7. The summed E-state index contributed by atoms with van der Waals surface area (Å²) in [6, 6.07) is 3.02. The minimum atomic E-state index is -1.04. The average Bonchev–Trinajstić information content (AvgIpc) is 3.09. The van der Waals surface area contributed by atoms with Crippen LogP contribution in [0.25, 0.3) is 0 Å². The van der Waals surface area contributed by atoms with E-state index in [1.807, 2.05) is 12.2 Å². The molecule has 1 aromatic carbocycles. The zero-order valence-electron chi connectivity index (χ0n) is 11.8. The Morgan fingerprint density at radius 1 is 1.26 bits per heavy atom. The van der Waals surface area contributed by atoms with Crippen molar-refractivity contribution in [2.75, 3.05) is 5.32 Å². The van der Waals surface area contributed by atoms with Crippen LogP contribution in [0.5, 0.6) is 0 Å². The lowest BCUT2D eigenvalue weighted by Gasteiger charge is -2.23. The maximum absolute atomic E-state index is 13.3. The first kappa shape index (κ1) is 15.1. The van der Waals surface area contributed by atoms with E-state index in [0.717, 1.165) is 12.1 Å². The van der Waals surface area contributed by atoms with Crippen LogP contribution in [0.1, 0.15) is 6.42 Å². The lowest BCUT2D eigenvalue weighted by atomic mass is 9.82. The number of benzene rings is 1. The van der Waals surface area contributed by atoms with Gasteiger partial charge in [-0.2, -0.15) is 4.39 Å². The van der Waals surface area contributed by atoms with E-state index in [9.17, 15) is 29.2 Å². The number of amides is 1. The number of nitrogens with zero attached hydrogens (tertiary/aromatic N) is 1. The number of aliphatic carboxylic acids is 1. The number of nitro groups is 1. The highest BCUT2D eigenvalue weighted by atomic mass is 19.1. The maximum Gasteiger partial charge on any atom is 0.307 e. The van der Waals surface area contributed by atoms with Gasteiger partial charge in [-0.05, 0) is 30.4 Å². The van der Waals surface area contributed by atoms with Gasteiger partial charge in [-0.25, -0.2) is 0 Å². The van der Waals surface area contributed by atoms with Gasteiger partial charge in [0.05, 0.1) is 16.8 Å². The van der Waals surface area contributed by atoms with Gasteiger partial charge in [0, 0.05) is 11.8 Å². The fourth-order valence-corrected chi connectivity index (χ4v) is 3.47. The van der Waals surface area contributed by atoms with E-state index in [2.05, 4.69) is 5.32 Å². The van der Waals surface area contributed by atoms with Crippen LogP contribution in [0.15, 0.2) is 30.4 Å². The van der Waals surface area contributed by atoms with E-state index in [4.69, 9.17) is 0 Å². The predicted molar refractivity (Wildman–Crippen MR) is 77.0 cm³/mol. The first-order valence-electron chi connectivity index (χ1n) is 7.04. The van der Waals surface area contributed by atoms with E-state index < -0.39 is 40.1 Å². The molecule has 0 radical (unpaired) electrons. The van der Waals surface area contributed by atoms with Crippen molar-refractivity contribution in [3.05, 3.63) is 46.3 Å². The molecule has 1 fully saturated rings. The van der Waals surface area contributed by atoms with Crippen molar-refractivity contribution in [1.29, 1.82) is 0 Å². The van der Waals surface area contributed by atoms with Gasteiger partial charge in [-0.3, -0.25) is 19.7 Å². The molecule has 0 aliphatic heterocycles. The highest BCUT2D eigenvalue weighted by Gasteiger charge is 2.51. The largest absolute Gasteiger partial charge is 0.481 e. The number of hydrogen-bond donors (Lipinski definition) is 2. The van der Waals surface area contributed by atoms with E-state index in [1.54, 1.807) is 0 Å². The van der Waals surface area contributed by atoms with Crippen LogP contribution in [0, 0.1) is 39.6 Å².